The molecule has 4 rings (SSSR count). The van der Waals surface area contributed by atoms with Gasteiger partial charge in [0.1, 0.15) is 11.5 Å². The molecule has 1 aromatic rings. The molecule has 1 aromatic carbocycles. The van der Waals surface area contributed by atoms with Crippen LogP contribution in [-0.2, 0) is 11.2 Å². The molecule has 3 aliphatic rings. The third-order valence-corrected chi connectivity index (χ3v) is 4.32. The maximum Gasteiger partial charge on any atom is 0.274 e. The van der Waals surface area contributed by atoms with Crippen LogP contribution in [-0.4, -0.2) is 29.4 Å². The Bertz CT molecular complexity index is 649. The molecule has 1 fully saturated rings. The summed E-state index contributed by atoms with van der Waals surface area (Å²) in [5, 5.41) is 6.26. The SMILES string of the molecule is O=C(NC1=Nc2ccccc2C1)C1=CNC2CCCCN12. The highest BCUT2D eigenvalue weighted by atomic mass is 16.2. The number of amidine groups is 1. The largest absolute Gasteiger partial charge is 0.369 e. The van der Waals surface area contributed by atoms with Crippen LogP contribution in [0.15, 0.2) is 41.2 Å². The Morgan fingerprint density at radius 1 is 1.33 bits per heavy atom. The summed E-state index contributed by atoms with van der Waals surface area (Å²) in [7, 11) is 0. The molecular weight excluding hydrogens is 264 g/mol. The number of amides is 1. The fraction of sp³-hybridized carbons (Fsp3) is 0.375. The smallest absolute Gasteiger partial charge is 0.274 e. The van der Waals surface area contributed by atoms with Crippen molar-refractivity contribution in [3.63, 3.8) is 0 Å². The summed E-state index contributed by atoms with van der Waals surface area (Å²) in [6, 6.07) is 8.00. The first-order valence-corrected chi connectivity index (χ1v) is 7.51. The number of nitrogens with zero attached hydrogens (tertiary/aromatic N) is 2. The van der Waals surface area contributed by atoms with Gasteiger partial charge in [-0.2, -0.15) is 0 Å². The van der Waals surface area contributed by atoms with E-state index in [1.54, 1.807) is 0 Å². The van der Waals surface area contributed by atoms with Gasteiger partial charge in [-0.25, -0.2) is 4.99 Å². The van der Waals surface area contributed by atoms with Crippen LogP contribution in [0.1, 0.15) is 24.8 Å². The summed E-state index contributed by atoms with van der Waals surface area (Å²) in [6.45, 7) is 0.948. The summed E-state index contributed by atoms with van der Waals surface area (Å²) in [6.07, 6.45) is 6.30. The van der Waals surface area contributed by atoms with Gasteiger partial charge in [-0.3, -0.25) is 4.79 Å². The first kappa shape index (κ1) is 12.4. The molecule has 1 unspecified atom stereocenters. The summed E-state index contributed by atoms with van der Waals surface area (Å²) in [4.78, 5) is 19.1. The lowest BCUT2D eigenvalue weighted by Crippen LogP contribution is -2.44. The molecule has 1 amide bonds. The van der Waals surface area contributed by atoms with Gasteiger partial charge in [-0.15, -0.1) is 0 Å². The molecule has 0 saturated carbocycles. The zero-order chi connectivity index (χ0) is 14.2. The van der Waals surface area contributed by atoms with Gasteiger partial charge >= 0.3 is 0 Å². The summed E-state index contributed by atoms with van der Waals surface area (Å²) >= 11 is 0. The van der Waals surface area contributed by atoms with Crippen LogP contribution in [0.2, 0.25) is 0 Å². The number of carbonyl (C=O) groups excluding carboxylic acids is 1. The molecule has 0 aromatic heterocycles. The summed E-state index contributed by atoms with van der Waals surface area (Å²) < 4.78 is 0. The van der Waals surface area contributed by atoms with E-state index in [1.165, 1.54) is 12.0 Å². The predicted molar refractivity (Wildman–Crippen MR) is 80.9 cm³/mol. The second kappa shape index (κ2) is 4.91. The maximum absolute atomic E-state index is 12.5. The number of benzene rings is 1. The Morgan fingerprint density at radius 3 is 3.14 bits per heavy atom. The van der Waals surface area contributed by atoms with E-state index >= 15 is 0 Å². The number of para-hydroxylation sites is 1. The highest BCUT2D eigenvalue weighted by molar-refractivity contribution is 6.08. The van der Waals surface area contributed by atoms with Crippen molar-refractivity contribution in [3.8, 4) is 0 Å². The molecule has 0 aliphatic carbocycles. The molecule has 0 bridgehead atoms. The van der Waals surface area contributed by atoms with Crippen LogP contribution in [0, 0.1) is 0 Å². The van der Waals surface area contributed by atoms with Crippen molar-refractivity contribution in [1.29, 1.82) is 0 Å². The van der Waals surface area contributed by atoms with Gasteiger partial charge in [0.2, 0.25) is 0 Å². The van der Waals surface area contributed by atoms with Crippen LogP contribution in [0.25, 0.3) is 0 Å². The van der Waals surface area contributed by atoms with Gasteiger partial charge in [-0.1, -0.05) is 18.2 Å². The second-order valence-corrected chi connectivity index (χ2v) is 5.72. The third-order valence-electron chi connectivity index (χ3n) is 4.32. The first-order chi connectivity index (χ1) is 10.3. The Hall–Kier alpha value is -2.30. The summed E-state index contributed by atoms with van der Waals surface area (Å²) in [5.41, 5.74) is 2.86. The van der Waals surface area contributed by atoms with E-state index < -0.39 is 0 Å². The molecule has 2 N–H and O–H groups in total. The van der Waals surface area contributed by atoms with Gasteiger partial charge in [0.15, 0.2) is 0 Å². The van der Waals surface area contributed by atoms with E-state index in [0.29, 0.717) is 12.6 Å². The van der Waals surface area contributed by atoms with Crippen molar-refractivity contribution in [3.05, 3.63) is 41.7 Å². The number of nitrogens with one attached hydrogen (secondary N) is 2. The van der Waals surface area contributed by atoms with Crippen LogP contribution in [0.3, 0.4) is 0 Å². The minimum Gasteiger partial charge on any atom is -0.369 e. The van der Waals surface area contributed by atoms with Crippen LogP contribution in [0.4, 0.5) is 5.69 Å². The minimum absolute atomic E-state index is 0.0570. The van der Waals surface area contributed by atoms with Crippen LogP contribution < -0.4 is 10.6 Å². The lowest BCUT2D eigenvalue weighted by Gasteiger charge is -2.32. The maximum atomic E-state index is 12.5. The van der Waals surface area contributed by atoms with E-state index in [0.717, 1.165) is 36.6 Å². The van der Waals surface area contributed by atoms with Crippen LogP contribution in [0.5, 0.6) is 0 Å². The highest BCUT2D eigenvalue weighted by Gasteiger charge is 2.32. The molecule has 0 spiro atoms. The molecule has 0 radical (unpaired) electrons. The zero-order valence-electron chi connectivity index (χ0n) is 11.8. The van der Waals surface area contributed by atoms with E-state index in [9.17, 15) is 4.79 Å². The number of fused-ring (bicyclic) bond motifs is 2. The van der Waals surface area contributed by atoms with Gasteiger partial charge in [0, 0.05) is 19.2 Å². The first-order valence-electron chi connectivity index (χ1n) is 7.51. The second-order valence-electron chi connectivity index (χ2n) is 5.72. The van der Waals surface area contributed by atoms with Gasteiger partial charge in [0.05, 0.1) is 11.9 Å². The monoisotopic (exact) mass is 282 g/mol. The molecule has 3 aliphatic heterocycles. The van der Waals surface area contributed by atoms with Crippen molar-refractivity contribution < 1.29 is 4.79 Å². The van der Waals surface area contributed by atoms with Gasteiger partial charge < -0.3 is 15.5 Å². The normalized spacial score (nSPS) is 22.9. The average molecular weight is 282 g/mol. The Kier molecular flexibility index (Phi) is 2.91. The van der Waals surface area contributed by atoms with Gasteiger partial charge in [0.25, 0.3) is 5.91 Å². The van der Waals surface area contributed by atoms with Crippen LogP contribution >= 0.6 is 0 Å². The Balaban J connectivity index is 1.46. The molecule has 1 saturated heterocycles. The van der Waals surface area contributed by atoms with Gasteiger partial charge in [-0.05, 0) is 30.9 Å². The minimum atomic E-state index is -0.0570. The Labute approximate surface area is 123 Å². The van der Waals surface area contributed by atoms with E-state index in [2.05, 4.69) is 26.6 Å². The Morgan fingerprint density at radius 2 is 2.24 bits per heavy atom. The number of carbonyl (C=O) groups is 1. The van der Waals surface area contributed by atoms with E-state index in [1.807, 2.05) is 24.4 Å². The van der Waals surface area contributed by atoms with E-state index in [4.69, 9.17) is 0 Å². The number of hydrogen-bond acceptors (Lipinski definition) is 4. The van der Waals surface area contributed by atoms with Crippen molar-refractivity contribution in [1.82, 2.24) is 15.5 Å². The lowest BCUT2D eigenvalue weighted by molar-refractivity contribution is -0.117. The van der Waals surface area contributed by atoms with Crippen molar-refractivity contribution >= 4 is 17.4 Å². The number of aliphatic imine (C=N–C) groups is 1. The quantitative estimate of drug-likeness (QED) is 0.823. The van der Waals surface area contributed by atoms with Crippen molar-refractivity contribution in [2.75, 3.05) is 6.54 Å². The number of hydrogen-bond donors (Lipinski definition) is 2. The molecule has 21 heavy (non-hydrogen) atoms. The van der Waals surface area contributed by atoms with Crippen molar-refractivity contribution in [2.45, 2.75) is 31.8 Å². The molecule has 1 atom stereocenters. The third kappa shape index (κ3) is 2.18. The molecule has 5 nitrogen and oxygen atoms in total. The lowest BCUT2D eigenvalue weighted by atomic mass is 10.1. The fourth-order valence-corrected chi connectivity index (χ4v) is 3.25. The number of piperidine rings is 1. The standard InChI is InChI=1S/C16H18N4O/c21-16(13-10-17-15-7-3-4-8-20(13)15)19-14-9-11-5-1-2-6-12(11)18-14/h1-2,5-6,10,15,17H,3-4,7-9H2,(H,18,19,21). The topological polar surface area (TPSA) is 56.7 Å². The summed E-state index contributed by atoms with van der Waals surface area (Å²) in [5.74, 6) is 0.681. The van der Waals surface area contributed by atoms with Crippen molar-refractivity contribution in [2.24, 2.45) is 4.99 Å². The molecule has 108 valence electrons. The predicted octanol–water partition coefficient (Wildman–Crippen LogP) is 1.65. The fourth-order valence-electron chi connectivity index (χ4n) is 3.25. The van der Waals surface area contributed by atoms with E-state index in [-0.39, 0.29) is 5.91 Å². The molecule has 3 heterocycles. The zero-order valence-corrected chi connectivity index (χ0v) is 11.8. The number of rotatable bonds is 1. The molecular formula is C16H18N4O. The average Bonchev–Trinajstić information content (AvgIpc) is 3.10. The highest BCUT2D eigenvalue weighted by Crippen LogP contribution is 2.26. The molecule has 5 heteroatoms.